The van der Waals surface area contributed by atoms with Crippen LogP contribution in [0.4, 0.5) is 0 Å². The van der Waals surface area contributed by atoms with Gasteiger partial charge in [0.1, 0.15) is 18.1 Å². The minimum absolute atomic E-state index is 0.0840. The van der Waals surface area contributed by atoms with E-state index in [9.17, 15) is 43.5 Å². The number of likely N-dealkylation sites (N-methyl/N-ethyl adjacent to an activating group) is 2. The molecule has 0 bridgehead atoms. The van der Waals surface area contributed by atoms with Crippen molar-refractivity contribution in [3.63, 3.8) is 0 Å². The highest BCUT2D eigenvalue weighted by atomic mass is 32.1. The van der Waals surface area contributed by atoms with E-state index in [-0.39, 0.29) is 79.5 Å². The lowest BCUT2D eigenvalue weighted by atomic mass is 9.89. The number of rotatable bonds is 29. The molecule has 0 radical (unpaired) electrons. The van der Waals surface area contributed by atoms with Crippen LogP contribution in [0.2, 0.25) is 0 Å². The molecule has 1 aromatic carbocycles. The van der Waals surface area contributed by atoms with Gasteiger partial charge in [0, 0.05) is 65.4 Å². The highest BCUT2D eigenvalue weighted by molar-refractivity contribution is 7.81. The molecular formula is C53H86N6O11S. The van der Waals surface area contributed by atoms with Crippen LogP contribution in [-0.2, 0) is 54.3 Å². The van der Waals surface area contributed by atoms with Crippen LogP contribution in [-0.4, -0.2) is 161 Å². The maximum atomic E-state index is 14.6. The molecule has 71 heavy (non-hydrogen) atoms. The summed E-state index contributed by atoms with van der Waals surface area (Å²) in [5.41, 5.74) is 0.762. The Hall–Kier alpha value is -4.55. The van der Waals surface area contributed by atoms with Crippen LogP contribution < -0.4 is 10.6 Å². The van der Waals surface area contributed by atoms with E-state index in [0.29, 0.717) is 51.5 Å². The first kappa shape index (κ1) is 60.8. The van der Waals surface area contributed by atoms with Crippen molar-refractivity contribution in [2.24, 2.45) is 29.6 Å². The minimum atomic E-state index is -1.16. The number of benzene rings is 1. The molecular weight excluding hydrogens is 929 g/mol. The summed E-state index contributed by atoms with van der Waals surface area (Å²) < 4.78 is 11.4. The van der Waals surface area contributed by atoms with Gasteiger partial charge in [-0.15, -0.1) is 0 Å². The molecule has 2 fully saturated rings. The van der Waals surface area contributed by atoms with Gasteiger partial charge in [0.2, 0.25) is 41.4 Å². The topological polar surface area (TPSA) is 212 Å². The molecule has 0 aromatic heterocycles. The molecule has 3 rings (SSSR count). The molecule has 400 valence electrons. The number of methoxy groups -OCH3 is 2. The van der Waals surface area contributed by atoms with Gasteiger partial charge >= 0.3 is 5.97 Å². The largest absolute Gasteiger partial charge is 0.480 e. The fourth-order valence-corrected chi connectivity index (χ4v) is 10.5. The second kappa shape index (κ2) is 28.0. The number of hydrogen-bond acceptors (Lipinski definition) is 11. The van der Waals surface area contributed by atoms with E-state index < -0.39 is 76.8 Å². The predicted molar refractivity (Wildman–Crippen MR) is 275 cm³/mol. The normalized spacial score (nSPS) is 20.4. The van der Waals surface area contributed by atoms with Crippen LogP contribution in [0.3, 0.4) is 0 Å². The maximum Gasteiger partial charge on any atom is 0.326 e. The van der Waals surface area contributed by atoms with Gasteiger partial charge in [0.25, 0.3) is 0 Å². The molecule has 3 N–H and O–H groups in total. The van der Waals surface area contributed by atoms with Gasteiger partial charge < -0.3 is 39.9 Å². The van der Waals surface area contributed by atoms with Crippen molar-refractivity contribution in [1.29, 1.82) is 0 Å². The number of hydrogen-bond donors (Lipinski definition) is 4. The fraction of sp³-hybridized carbons (Fsp3) is 0.736. The number of aliphatic carboxylic acids is 1. The smallest absolute Gasteiger partial charge is 0.326 e. The number of ether oxygens (including phenoxy) is 2. The Morgan fingerprint density at radius 2 is 1.54 bits per heavy atom. The van der Waals surface area contributed by atoms with E-state index in [0.717, 1.165) is 5.56 Å². The number of likely N-dealkylation sites (tertiary alicyclic amines) is 2. The second-order valence-corrected chi connectivity index (χ2v) is 21.8. The maximum absolute atomic E-state index is 14.6. The van der Waals surface area contributed by atoms with Gasteiger partial charge in [0.05, 0.1) is 42.5 Å². The van der Waals surface area contributed by atoms with E-state index in [1.807, 2.05) is 61.5 Å². The van der Waals surface area contributed by atoms with Gasteiger partial charge in [0.15, 0.2) is 0 Å². The molecule has 2 saturated heterocycles. The van der Waals surface area contributed by atoms with Crippen LogP contribution in [0.5, 0.6) is 0 Å². The average Bonchev–Trinajstić information content (AvgIpc) is 3.93. The van der Waals surface area contributed by atoms with Gasteiger partial charge in [-0.3, -0.25) is 38.5 Å². The first-order valence-electron chi connectivity index (χ1n) is 25.7. The van der Waals surface area contributed by atoms with Crippen LogP contribution in [0, 0.1) is 29.6 Å². The standard InChI is InChI=1S/C53H86N6O11S/c1-14-34(7)46(40(69-12)31-43(62)58-28-22-25-39(58)47(70-13)35(8)48(63)54-38(52(67)68)29-36-23-18-16-19-24-36)57(11)51(66)44(32(3)4)55-49(64)45(33(5)6)56(10)41(60)26-20-17-21-27-59-42(61)30-37(50(59)65)53(9,71)15-2/h16,18-19,23-24,32-35,37-40,44-47,71H,14-15,17,20-22,25-31H2,1-13H3,(H,54,63)(H,55,64)(H,67,68)/t34-,35+,37?,38-,39-,40+,44-,45-,46-,47+,53?/m0/s1. The molecule has 2 heterocycles. The summed E-state index contributed by atoms with van der Waals surface area (Å²) in [6.07, 6.45) is 3.02. The summed E-state index contributed by atoms with van der Waals surface area (Å²) >= 11 is 4.64. The lowest BCUT2D eigenvalue weighted by molar-refractivity contribution is -0.149. The molecule has 0 saturated carbocycles. The number of nitrogens with one attached hydrogen (secondary N) is 2. The fourth-order valence-electron chi connectivity index (χ4n) is 10.3. The first-order valence-corrected chi connectivity index (χ1v) is 26.1. The zero-order valence-corrected chi connectivity index (χ0v) is 45.7. The van der Waals surface area contributed by atoms with Crippen LogP contribution >= 0.6 is 12.6 Å². The number of thiol groups is 1. The van der Waals surface area contributed by atoms with Crippen molar-refractivity contribution >= 4 is 59.9 Å². The third-order valence-corrected chi connectivity index (χ3v) is 15.7. The van der Waals surface area contributed by atoms with Gasteiger partial charge in [-0.2, -0.15) is 12.6 Å². The molecule has 18 heteroatoms. The van der Waals surface area contributed by atoms with Crippen molar-refractivity contribution in [3.05, 3.63) is 35.9 Å². The molecule has 2 aliphatic rings. The number of imide groups is 1. The highest BCUT2D eigenvalue weighted by Gasteiger charge is 2.47. The van der Waals surface area contributed by atoms with Gasteiger partial charge in [-0.05, 0) is 62.3 Å². The van der Waals surface area contributed by atoms with E-state index in [1.165, 1.54) is 24.0 Å². The number of amides is 7. The van der Waals surface area contributed by atoms with Gasteiger partial charge in [-0.1, -0.05) is 98.6 Å². The Balaban J connectivity index is 1.69. The van der Waals surface area contributed by atoms with Crippen LogP contribution in [0.1, 0.15) is 132 Å². The van der Waals surface area contributed by atoms with E-state index in [2.05, 4.69) is 23.3 Å². The summed E-state index contributed by atoms with van der Waals surface area (Å²) in [5, 5.41) is 15.6. The van der Waals surface area contributed by atoms with E-state index in [1.54, 1.807) is 55.1 Å². The quantitative estimate of drug-likeness (QED) is 0.0455. The Morgan fingerprint density at radius 3 is 2.08 bits per heavy atom. The van der Waals surface area contributed by atoms with Crippen LogP contribution in [0.15, 0.2) is 30.3 Å². The zero-order chi connectivity index (χ0) is 53.5. The lowest BCUT2D eigenvalue weighted by Crippen LogP contribution is -2.60. The van der Waals surface area contributed by atoms with E-state index in [4.69, 9.17) is 9.47 Å². The third-order valence-electron chi connectivity index (χ3n) is 15.1. The van der Waals surface area contributed by atoms with Crippen LogP contribution in [0.25, 0.3) is 0 Å². The SMILES string of the molecule is CC[C@H](C)[C@@H]([C@@H](CC(=O)N1CCC[C@H]1[C@H](OC)[C@@H](C)C(=O)N[C@@H](Cc1ccccc1)C(=O)O)OC)N(C)C(=O)[C@@H](NC(=O)[C@H](C(C)C)N(C)C(=O)CCCCCN1C(=O)CC(C(C)(S)CC)C1=O)C(C)C. The molecule has 7 amide bonds. The van der Waals surface area contributed by atoms with Crippen molar-refractivity contribution in [2.75, 3.05) is 41.4 Å². The number of carbonyl (C=O) groups excluding carboxylic acids is 7. The first-order chi connectivity index (χ1) is 33.4. The summed E-state index contributed by atoms with van der Waals surface area (Å²) in [4.78, 5) is 114. The number of carboxylic acid groups (broad SMARTS) is 1. The monoisotopic (exact) mass is 1010 g/mol. The van der Waals surface area contributed by atoms with Crippen molar-refractivity contribution in [3.8, 4) is 0 Å². The lowest BCUT2D eigenvalue weighted by Gasteiger charge is -2.41. The molecule has 2 aliphatic heterocycles. The molecule has 11 atom stereocenters. The Kier molecular flexibility index (Phi) is 24.0. The number of carboxylic acids is 1. The summed E-state index contributed by atoms with van der Waals surface area (Å²) in [6, 6.07) is 4.95. The van der Waals surface area contributed by atoms with Crippen molar-refractivity contribution in [1.82, 2.24) is 30.2 Å². The molecule has 0 spiro atoms. The Bertz CT molecular complexity index is 1970. The number of unbranched alkanes of at least 4 members (excludes halogenated alkanes) is 2. The predicted octanol–water partition coefficient (Wildman–Crippen LogP) is 5.38. The molecule has 1 aromatic rings. The molecule has 17 nitrogen and oxygen atoms in total. The Labute approximate surface area is 428 Å². The summed E-state index contributed by atoms with van der Waals surface area (Å²) in [7, 11) is 6.23. The molecule has 2 unspecified atom stereocenters. The van der Waals surface area contributed by atoms with Crippen molar-refractivity contribution < 1.29 is 52.9 Å². The van der Waals surface area contributed by atoms with Gasteiger partial charge in [-0.25, -0.2) is 4.79 Å². The summed E-state index contributed by atoms with van der Waals surface area (Å²) in [6.45, 7) is 17.5. The Morgan fingerprint density at radius 1 is 0.887 bits per heavy atom. The number of carbonyl (C=O) groups is 8. The number of nitrogens with zero attached hydrogens (tertiary/aromatic N) is 4. The third kappa shape index (κ3) is 16.0. The zero-order valence-electron chi connectivity index (χ0n) is 44.8. The van der Waals surface area contributed by atoms with Crippen molar-refractivity contribution in [2.45, 2.75) is 180 Å². The minimum Gasteiger partial charge on any atom is -0.480 e. The average molecular weight is 1020 g/mol. The second-order valence-electron chi connectivity index (χ2n) is 20.8. The summed E-state index contributed by atoms with van der Waals surface area (Å²) in [5.74, 6) is -5.42. The van der Waals surface area contributed by atoms with E-state index >= 15 is 0 Å². The molecule has 0 aliphatic carbocycles. The highest BCUT2D eigenvalue weighted by Crippen LogP contribution is 2.37.